The molecule has 0 fully saturated rings. The van der Waals surface area contributed by atoms with Gasteiger partial charge < -0.3 is 5.32 Å². The lowest BCUT2D eigenvalue weighted by Crippen LogP contribution is -2.33. The van der Waals surface area contributed by atoms with Crippen molar-refractivity contribution in [3.05, 3.63) is 70.2 Å². The monoisotopic (exact) mass is 301 g/mol. The number of aryl methyl sites for hydroxylation is 1. The highest BCUT2D eigenvalue weighted by Crippen LogP contribution is 2.15. The van der Waals surface area contributed by atoms with Crippen molar-refractivity contribution >= 4 is 11.6 Å². The molecule has 0 saturated heterocycles. The van der Waals surface area contributed by atoms with Gasteiger partial charge in [-0.1, -0.05) is 60.5 Å². The molecule has 0 bridgehead atoms. The van der Waals surface area contributed by atoms with Gasteiger partial charge >= 0.3 is 0 Å². The molecule has 112 valence electrons. The van der Waals surface area contributed by atoms with Crippen molar-refractivity contribution < 1.29 is 0 Å². The fraction of sp³-hybridized carbons (Fsp3) is 0.368. The SMILES string of the molecule is CCCNC(Cc1cccc(C)c1)Cc1cccc(Cl)c1. The van der Waals surface area contributed by atoms with E-state index >= 15 is 0 Å². The van der Waals surface area contributed by atoms with Gasteiger partial charge in [-0.05, 0) is 56.0 Å². The molecule has 0 aliphatic heterocycles. The van der Waals surface area contributed by atoms with Crippen LogP contribution in [0, 0.1) is 6.92 Å². The first-order chi connectivity index (χ1) is 10.2. The van der Waals surface area contributed by atoms with Crippen LogP contribution in [0.5, 0.6) is 0 Å². The quantitative estimate of drug-likeness (QED) is 0.774. The van der Waals surface area contributed by atoms with Crippen molar-refractivity contribution in [3.8, 4) is 0 Å². The molecule has 1 N–H and O–H groups in total. The summed E-state index contributed by atoms with van der Waals surface area (Å²) >= 11 is 6.09. The molecule has 1 unspecified atom stereocenters. The van der Waals surface area contributed by atoms with Crippen LogP contribution in [0.25, 0.3) is 0 Å². The van der Waals surface area contributed by atoms with Crippen molar-refractivity contribution in [3.63, 3.8) is 0 Å². The first-order valence-corrected chi connectivity index (χ1v) is 8.08. The number of rotatable bonds is 7. The van der Waals surface area contributed by atoms with Crippen molar-refractivity contribution in [2.24, 2.45) is 0 Å². The smallest absolute Gasteiger partial charge is 0.0408 e. The molecule has 0 radical (unpaired) electrons. The van der Waals surface area contributed by atoms with Gasteiger partial charge in [-0.25, -0.2) is 0 Å². The van der Waals surface area contributed by atoms with Crippen LogP contribution >= 0.6 is 11.6 Å². The molecule has 2 aromatic rings. The Labute approximate surface area is 133 Å². The molecular formula is C19H24ClN. The van der Waals surface area contributed by atoms with Crippen LogP contribution in [-0.2, 0) is 12.8 Å². The van der Waals surface area contributed by atoms with Gasteiger partial charge in [-0.3, -0.25) is 0 Å². The van der Waals surface area contributed by atoms with E-state index in [1.807, 2.05) is 12.1 Å². The second-order valence-electron chi connectivity index (χ2n) is 5.68. The summed E-state index contributed by atoms with van der Waals surface area (Å²) in [4.78, 5) is 0. The third kappa shape index (κ3) is 5.53. The van der Waals surface area contributed by atoms with E-state index in [0.717, 1.165) is 30.8 Å². The maximum atomic E-state index is 6.09. The van der Waals surface area contributed by atoms with Gasteiger partial charge in [0.25, 0.3) is 0 Å². The summed E-state index contributed by atoms with van der Waals surface area (Å²) in [6.07, 6.45) is 3.21. The summed E-state index contributed by atoms with van der Waals surface area (Å²) < 4.78 is 0. The number of nitrogens with one attached hydrogen (secondary N) is 1. The second-order valence-corrected chi connectivity index (χ2v) is 6.11. The number of hydrogen-bond donors (Lipinski definition) is 1. The molecule has 0 spiro atoms. The van der Waals surface area contributed by atoms with Crippen LogP contribution in [0.15, 0.2) is 48.5 Å². The summed E-state index contributed by atoms with van der Waals surface area (Å²) in [5.74, 6) is 0. The van der Waals surface area contributed by atoms with Crippen LogP contribution in [0.1, 0.15) is 30.0 Å². The molecule has 1 atom stereocenters. The highest BCUT2D eigenvalue weighted by molar-refractivity contribution is 6.30. The standard InChI is InChI=1S/C19H24ClN/c1-3-10-21-19(13-16-7-4-6-15(2)11-16)14-17-8-5-9-18(20)12-17/h4-9,11-12,19,21H,3,10,13-14H2,1-2H3. The molecule has 1 nitrogen and oxygen atoms in total. The Morgan fingerprint density at radius 1 is 1.00 bits per heavy atom. The molecule has 0 aliphatic rings. The highest BCUT2D eigenvalue weighted by atomic mass is 35.5. The summed E-state index contributed by atoms with van der Waals surface area (Å²) in [5, 5.41) is 4.48. The van der Waals surface area contributed by atoms with Crippen LogP contribution in [-0.4, -0.2) is 12.6 Å². The minimum absolute atomic E-state index is 0.449. The molecule has 0 amide bonds. The maximum absolute atomic E-state index is 6.09. The van der Waals surface area contributed by atoms with Gasteiger partial charge in [0.2, 0.25) is 0 Å². The van der Waals surface area contributed by atoms with E-state index in [1.165, 1.54) is 16.7 Å². The summed E-state index contributed by atoms with van der Waals surface area (Å²) in [7, 11) is 0. The first kappa shape index (κ1) is 16.1. The zero-order valence-corrected chi connectivity index (χ0v) is 13.7. The topological polar surface area (TPSA) is 12.0 Å². The first-order valence-electron chi connectivity index (χ1n) is 7.70. The Morgan fingerprint density at radius 3 is 2.29 bits per heavy atom. The van der Waals surface area contributed by atoms with E-state index in [0.29, 0.717) is 6.04 Å². The number of hydrogen-bond acceptors (Lipinski definition) is 1. The van der Waals surface area contributed by atoms with E-state index in [2.05, 4.69) is 55.6 Å². The summed E-state index contributed by atoms with van der Waals surface area (Å²) in [6.45, 7) is 5.40. The Kier molecular flexibility index (Phi) is 6.28. The number of halogens is 1. The van der Waals surface area contributed by atoms with Crippen LogP contribution < -0.4 is 5.32 Å². The van der Waals surface area contributed by atoms with Crippen molar-refractivity contribution in [1.82, 2.24) is 5.32 Å². The van der Waals surface area contributed by atoms with Gasteiger partial charge in [0.05, 0.1) is 0 Å². The summed E-state index contributed by atoms with van der Waals surface area (Å²) in [6, 6.07) is 17.4. The third-order valence-corrected chi connectivity index (χ3v) is 3.85. The molecule has 2 heteroatoms. The Bertz CT molecular complexity index is 517. The maximum Gasteiger partial charge on any atom is 0.0408 e. The average Bonchev–Trinajstić information content (AvgIpc) is 2.45. The van der Waals surface area contributed by atoms with E-state index in [1.54, 1.807) is 0 Å². The van der Waals surface area contributed by atoms with E-state index < -0.39 is 0 Å². The Morgan fingerprint density at radius 2 is 1.67 bits per heavy atom. The molecule has 21 heavy (non-hydrogen) atoms. The van der Waals surface area contributed by atoms with Crippen LogP contribution in [0.2, 0.25) is 5.02 Å². The van der Waals surface area contributed by atoms with Gasteiger partial charge in [-0.2, -0.15) is 0 Å². The predicted octanol–water partition coefficient (Wildman–Crippen LogP) is 4.80. The molecular weight excluding hydrogens is 278 g/mol. The zero-order valence-electron chi connectivity index (χ0n) is 12.9. The number of benzene rings is 2. The fourth-order valence-electron chi connectivity index (χ4n) is 2.64. The lowest BCUT2D eigenvalue weighted by Gasteiger charge is -2.19. The minimum Gasteiger partial charge on any atom is -0.313 e. The molecule has 0 aromatic heterocycles. The molecule has 0 saturated carbocycles. The van der Waals surface area contributed by atoms with E-state index in [4.69, 9.17) is 11.6 Å². The van der Waals surface area contributed by atoms with Crippen LogP contribution in [0.4, 0.5) is 0 Å². The molecule has 0 aliphatic carbocycles. The zero-order chi connectivity index (χ0) is 15.1. The van der Waals surface area contributed by atoms with E-state index in [-0.39, 0.29) is 0 Å². The van der Waals surface area contributed by atoms with Crippen LogP contribution in [0.3, 0.4) is 0 Å². The van der Waals surface area contributed by atoms with E-state index in [9.17, 15) is 0 Å². The van der Waals surface area contributed by atoms with Gasteiger partial charge in [-0.15, -0.1) is 0 Å². The second kappa shape index (κ2) is 8.21. The van der Waals surface area contributed by atoms with Gasteiger partial charge in [0.15, 0.2) is 0 Å². The highest BCUT2D eigenvalue weighted by Gasteiger charge is 2.10. The summed E-state index contributed by atoms with van der Waals surface area (Å²) in [5.41, 5.74) is 4.01. The lowest BCUT2D eigenvalue weighted by atomic mass is 9.98. The van der Waals surface area contributed by atoms with Crippen molar-refractivity contribution in [1.29, 1.82) is 0 Å². The minimum atomic E-state index is 0.449. The molecule has 2 rings (SSSR count). The van der Waals surface area contributed by atoms with Gasteiger partial charge in [0.1, 0.15) is 0 Å². The molecule has 2 aromatic carbocycles. The van der Waals surface area contributed by atoms with Gasteiger partial charge in [0, 0.05) is 11.1 Å². The average molecular weight is 302 g/mol. The predicted molar refractivity (Wildman–Crippen MR) is 92.1 cm³/mol. The third-order valence-electron chi connectivity index (χ3n) is 3.62. The Hall–Kier alpha value is -1.31. The normalized spacial score (nSPS) is 12.3. The molecule has 0 heterocycles. The van der Waals surface area contributed by atoms with Crippen molar-refractivity contribution in [2.75, 3.05) is 6.54 Å². The largest absolute Gasteiger partial charge is 0.313 e. The van der Waals surface area contributed by atoms with Crippen molar-refractivity contribution in [2.45, 2.75) is 39.2 Å². The fourth-order valence-corrected chi connectivity index (χ4v) is 2.85. The Balaban J connectivity index is 2.06. The lowest BCUT2D eigenvalue weighted by molar-refractivity contribution is 0.504.